The molecule has 2 aromatic rings. The van der Waals surface area contributed by atoms with Gasteiger partial charge in [-0.2, -0.15) is 0 Å². The summed E-state index contributed by atoms with van der Waals surface area (Å²) < 4.78 is 5.06. The van der Waals surface area contributed by atoms with E-state index in [9.17, 15) is 9.59 Å². The number of imide groups is 1. The molecule has 1 aromatic carbocycles. The van der Waals surface area contributed by atoms with E-state index in [1.165, 1.54) is 12.4 Å². The summed E-state index contributed by atoms with van der Waals surface area (Å²) in [5, 5.41) is 0. The lowest BCUT2D eigenvalue weighted by Gasteiger charge is -2.13. The minimum absolute atomic E-state index is 0.117. The number of hydrogen-bond acceptors (Lipinski definition) is 5. The second kappa shape index (κ2) is 4.73. The van der Waals surface area contributed by atoms with Crippen LogP contribution in [0.25, 0.3) is 0 Å². The van der Waals surface area contributed by atoms with Crippen molar-refractivity contribution in [1.29, 1.82) is 0 Å². The summed E-state index contributed by atoms with van der Waals surface area (Å²) in [5.74, 6) is -0.0951. The second-order valence-electron chi connectivity index (χ2n) is 4.30. The molecule has 6 nitrogen and oxygen atoms in total. The molecular formula is C14H11N3O3. The maximum atomic E-state index is 12.1. The molecule has 0 radical (unpaired) electrons. The van der Waals surface area contributed by atoms with E-state index in [1.807, 2.05) is 12.1 Å². The number of rotatable bonds is 3. The monoisotopic (exact) mass is 269 g/mol. The molecule has 20 heavy (non-hydrogen) atoms. The smallest absolute Gasteiger partial charge is 0.282 e. The van der Waals surface area contributed by atoms with Gasteiger partial charge in [0.25, 0.3) is 11.8 Å². The first-order chi connectivity index (χ1) is 9.70. The zero-order chi connectivity index (χ0) is 14.1. The van der Waals surface area contributed by atoms with Crippen LogP contribution in [0.5, 0.6) is 5.75 Å². The molecule has 1 aliphatic heterocycles. The summed E-state index contributed by atoms with van der Waals surface area (Å²) in [4.78, 5) is 33.2. The van der Waals surface area contributed by atoms with Gasteiger partial charge in [-0.05, 0) is 17.7 Å². The molecule has 0 saturated carbocycles. The van der Waals surface area contributed by atoms with E-state index < -0.39 is 11.8 Å². The number of carbonyl (C=O) groups excluding carboxylic acids is 2. The van der Waals surface area contributed by atoms with Crippen LogP contribution >= 0.6 is 0 Å². The van der Waals surface area contributed by atoms with Gasteiger partial charge < -0.3 is 4.74 Å². The van der Waals surface area contributed by atoms with Crippen LogP contribution in [-0.2, 0) is 6.54 Å². The molecule has 1 aliphatic rings. The molecule has 2 heterocycles. The number of aromatic nitrogens is 2. The van der Waals surface area contributed by atoms with E-state index in [-0.39, 0.29) is 17.9 Å². The van der Waals surface area contributed by atoms with Crippen LogP contribution in [0.3, 0.4) is 0 Å². The summed E-state index contributed by atoms with van der Waals surface area (Å²) >= 11 is 0. The summed E-state index contributed by atoms with van der Waals surface area (Å²) in [7, 11) is 1.58. The van der Waals surface area contributed by atoms with Crippen LogP contribution in [-0.4, -0.2) is 33.8 Å². The van der Waals surface area contributed by atoms with Gasteiger partial charge in [0.2, 0.25) is 0 Å². The van der Waals surface area contributed by atoms with Crippen molar-refractivity contribution in [3.8, 4) is 5.75 Å². The largest absolute Gasteiger partial charge is 0.497 e. The zero-order valence-electron chi connectivity index (χ0n) is 10.7. The fourth-order valence-electron chi connectivity index (χ4n) is 2.06. The van der Waals surface area contributed by atoms with Crippen LogP contribution in [0.15, 0.2) is 36.7 Å². The van der Waals surface area contributed by atoms with Gasteiger partial charge >= 0.3 is 0 Å². The molecule has 0 unspecified atom stereocenters. The molecule has 0 atom stereocenters. The summed E-state index contributed by atoms with van der Waals surface area (Å²) in [6, 6.07) is 7.18. The number of fused-ring (bicyclic) bond motifs is 1. The molecule has 1 aromatic heterocycles. The maximum Gasteiger partial charge on any atom is 0.282 e. The summed E-state index contributed by atoms with van der Waals surface area (Å²) in [6.45, 7) is 0.194. The Kier molecular flexibility index (Phi) is 2.90. The molecule has 0 N–H and O–H groups in total. The van der Waals surface area contributed by atoms with Crippen LogP contribution in [0.2, 0.25) is 0 Å². The van der Waals surface area contributed by atoms with Crippen LogP contribution in [0, 0.1) is 0 Å². The van der Waals surface area contributed by atoms with Crippen LogP contribution in [0.4, 0.5) is 0 Å². The lowest BCUT2D eigenvalue weighted by atomic mass is 10.2. The number of benzene rings is 1. The fraction of sp³-hybridized carbons (Fsp3) is 0.143. The average molecular weight is 269 g/mol. The van der Waals surface area contributed by atoms with Crippen molar-refractivity contribution in [1.82, 2.24) is 14.9 Å². The van der Waals surface area contributed by atoms with Crippen molar-refractivity contribution < 1.29 is 14.3 Å². The van der Waals surface area contributed by atoms with E-state index in [0.717, 1.165) is 16.2 Å². The van der Waals surface area contributed by atoms with Gasteiger partial charge in [-0.15, -0.1) is 0 Å². The highest BCUT2D eigenvalue weighted by Crippen LogP contribution is 2.21. The predicted molar refractivity (Wildman–Crippen MR) is 69.2 cm³/mol. The van der Waals surface area contributed by atoms with E-state index in [1.54, 1.807) is 19.2 Å². The SMILES string of the molecule is COc1ccc(CN2C(=O)c3nccnc3C2=O)cc1. The molecule has 0 aliphatic carbocycles. The zero-order valence-corrected chi connectivity index (χ0v) is 10.7. The highest BCUT2D eigenvalue weighted by Gasteiger charge is 2.37. The molecule has 3 rings (SSSR count). The van der Waals surface area contributed by atoms with Gasteiger partial charge in [-0.1, -0.05) is 12.1 Å². The summed E-state index contributed by atoms with van der Waals surface area (Å²) in [6.07, 6.45) is 2.81. The Bertz CT molecular complexity index is 647. The van der Waals surface area contributed by atoms with Gasteiger partial charge in [0.05, 0.1) is 13.7 Å². The predicted octanol–water partition coefficient (Wildman–Crippen LogP) is 1.28. The first-order valence-electron chi connectivity index (χ1n) is 6.01. The Balaban J connectivity index is 1.85. The standard InChI is InChI=1S/C14H11N3O3/c1-20-10-4-2-9(3-5-10)8-17-13(18)11-12(14(17)19)16-7-6-15-11/h2-7H,8H2,1H3. The number of methoxy groups -OCH3 is 1. The van der Waals surface area contributed by atoms with E-state index >= 15 is 0 Å². The quantitative estimate of drug-likeness (QED) is 0.785. The highest BCUT2D eigenvalue weighted by molar-refractivity contribution is 6.19. The molecule has 100 valence electrons. The Hall–Kier alpha value is -2.76. The Morgan fingerprint density at radius 2 is 1.55 bits per heavy atom. The third-order valence-electron chi connectivity index (χ3n) is 3.09. The highest BCUT2D eigenvalue weighted by atomic mass is 16.5. The van der Waals surface area contributed by atoms with Crippen molar-refractivity contribution in [2.45, 2.75) is 6.54 Å². The maximum absolute atomic E-state index is 12.1. The first kappa shape index (κ1) is 12.3. The third-order valence-corrected chi connectivity index (χ3v) is 3.09. The van der Waals surface area contributed by atoms with Crippen molar-refractivity contribution in [3.05, 3.63) is 53.6 Å². The second-order valence-corrected chi connectivity index (χ2v) is 4.30. The number of ether oxygens (including phenoxy) is 1. The van der Waals surface area contributed by atoms with Gasteiger partial charge in [-0.25, -0.2) is 9.97 Å². The van der Waals surface area contributed by atoms with Crippen molar-refractivity contribution in [2.24, 2.45) is 0 Å². The minimum atomic E-state index is -0.408. The Labute approximate surface area is 115 Å². The molecule has 0 bridgehead atoms. The first-order valence-corrected chi connectivity index (χ1v) is 6.01. The molecule has 6 heteroatoms. The number of nitrogens with zero attached hydrogens (tertiary/aromatic N) is 3. The van der Waals surface area contributed by atoms with Crippen LogP contribution < -0.4 is 4.74 Å². The van der Waals surface area contributed by atoms with Crippen molar-refractivity contribution >= 4 is 11.8 Å². The lowest BCUT2D eigenvalue weighted by Crippen LogP contribution is -2.29. The topological polar surface area (TPSA) is 72.4 Å². The lowest BCUT2D eigenvalue weighted by molar-refractivity contribution is 0.0638. The number of carbonyl (C=O) groups is 2. The minimum Gasteiger partial charge on any atom is -0.497 e. The molecular weight excluding hydrogens is 258 g/mol. The number of hydrogen-bond donors (Lipinski definition) is 0. The average Bonchev–Trinajstić information content (AvgIpc) is 2.74. The summed E-state index contributed by atoms with van der Waals surface area (Å²) in [5.41, 5.74) is 1.07. The third kappa shape index (κ3) is 1.91. The Morgan fingerprint density at radius 1 is 1.00 bits per heavy atom. The van der Waals surface area contributed by atoms with Gasteiger partial charge in [0.15, 0.2) is 11.4 Å². The molecule has 0 spiro atoms. The van der Waals surface area contributed by atoms with E-state index in [4.69, 9.17) is 4.74 Å². The van der Waals surface area contributed by atoms with Crippen LogP contribution in [0.1, 0.15) is 26.5 Å². The van der Waals surface area contributed by atoms with Gasteiger partial charge in [0.1, 0.15) is 5.75 Å². The normalized spacial score (nSPS) is 13.6. The van der Waals surface area contributed by atoms with Gasteiger partial charge in [-0.3, -0.25) is 14.5 Å². The van der Waals surface area contributed by atoms with Crippen molar-refractivity contribution in [3.63, 3.8) is 0 Å². The van der Waals surface area contributed by atoms with E-state index in [0.29, 0.717) is 0 Å². The van der Waals surface area contributed by atoms with Crippen molar-refractivity contribution in [2.75, 3.05) is 7.11 Å². The Morgan fingerprint density at radius 3 is 2.05 bits per heavy atom. The molecule has 0 fully saturated rings. The molecule has 0 saturated heterocycles. The van der Waals surface area contributed by atoms with Gasteiger partial charge in [0, 0.05) is 12.4 Å². The molecule has 2 amide bonds. The number of amides is 2. The fourth-order valence-corrected chi connectivity index (χ4v) is 2.06. The van der Waals surface area contributed by atoms with E-state index in [2.05, 4.69) is 9.97 Å².